The third kappa shape index (κ3) is 2.22. The first-order valence-corrected chi connectivity index (χ1v) is 7.15. The Bertz CT molecular complexity index is 523. The molecule has 1 aliphatic carbocycles. The van der Waals surface area contributed by atoms with E-state index in [1.165, 1.54) is 0 Å². The zero-order valence-corrected chi connectivity index (χ0v) is 12.0. The van der Waals surface area contributed by atoms with Gasteiger partial charge in [-0.15, -0.1) is 0 Å². The highest BCUT2D eigenvalue weighted by Crippen LogP contribution is 2.47. The number of piperazine rings is 1. The van der Waals surface area contributed by atoms with Crippen molar-refractivity contribution in [1.82, 2.24) is 14.9 Å². The van der Waals surface area contributed by atoms with E-state index in [1.54, 1.807) is 18.5 Å². The maximum atomic E-state index is 12.5. The van der Waals surface area contributed by atoms with Crippen LogP contribution in [0.5, 0.6) is 0 Å². The molecule has 3 rings (SSSR count). The molecule has 0 bridgehead atoms. The zero-order chi connectivity index (χ0) is 14.2. The molecule has 1 amide bonds. The Balaban J connectivity index is 1.62. The summed E-state index contributed by atoms with van der Waals surface area (Å²) in [5, 5.41) is 0. The zero-order valence-electron chi connectivity index (χ0n) is 11.2. The van der Waals surface area contributed by atoms with Gasteiger partial charge >= 0.3 is 0 Å². The first kappa shape index (κ1) is 13.2. The van der Waals surface area contributed by atoms with Crippen molar-refractivity contribution in [3.8, 4) is 0 Å². The molecule has 2 N–H and O–H groups in total. The first-order chi connectivity index (χ1) is 9.63. The van der Waals surface area contributed by atoms with E-state index < -0.39 is 5.41 Å². The van der Waals surface area contributed by atoms with Gasteiger partial charge in [-0.05, 0) is 18.9 Å². The van der Waals surface area contributed by atoms with Crippen LogP contribution in [-0.4, -0.2) is 51.9 Å². The van der Waals surface area contributed by atoms with Gasteiger partial charge in [0.05, 0.1) is 10.4 Å². The smallest absolute Gasteiger partial charge is 0.235 e. The summed E-state index contributed by atoms with van der Waals surface area (Å²) in [5.74, 6) is 0.814. The molecule has 2 heterocycles. The van der Waals surface area contributed by atoms with Gasteiger partial charge in [-0.3, -0.25) is 4.79 Å². The Kier molecular flexibility index (Phi) is 3.29. The topological polar surface area (TPSA) is 75.4 Å². The number of anilines is 1. The molecule has 1 saturated carbocycles. The number of hydrogen-bond donors (Lipinski definition) is 1. The van der Waals surface area contributed by atoms with Crippen molar-refractivity contribution in [3.05, 3.63) is 18.5 Å². The second-order valence-corrected chi connectivity index (χ2v) is 5.71. The van der Waals surface area contributed by atoms with E-state index >= 15 is 0 Å². The predicted octanol–water partition coefficient (Wildman–Crippen LogP) is 0.191. The van der Waals surface area contributed by atoms with Crippen LogP contribution in [0, 0.1) is 5.41 Å². The Morgan fingerprint density at radius 1 is 1.20 bits per heavy atom. The fourth-order valence-corrected chi connectivity index (χ4v) is 2.85. The highest BCUT2D eigenvalue weighted by Gasteiger charge is 2.54. The molecule has 7 heteroatoms. The van der Waals surface area contributed by atoms with E-state index in [-0.39, 0.29) is 5.91 Å². The maximum absolute atomic E-state index is 12.5. The van der Waals surface area contributed by atoms with Gasteiger partial charge in [0.25, 0.3) is 0 Å². The van der Waals surface area contributed by atoms with Crippen molar-refractivity contribution in [2.75, 3.05) is 31.1 Å². The number of carbonyl (C=O) groups is 1. The minimum atomic E-state index is -0.541. The molecule has 2 fully saturated rings. The largest absolute Gasteiger partial charge is 0.392 e. The molecule has 0 atom stereocenters. The minimum absolute atomic E-state index is 0.0960. The molecule has 1 aliphatic heterocycles. The standard InChI is InChI=1S/C13H17N5OS/c14-10(20)13(2-3-13)11(19)17-6-8-18(9-7-17)12-15-4-1-5-16-12/h1,4-5H,2-3,6-9H2,(H2,14,20). The number of nitrogens with two attached hydrogens (primary N) is 1. The van der Waals surface area contributed by atoms with Gasteiger partial charge in [-0.1, -0.05) is 12.2 Å². The van der Waals surface area contributed by atoms with Crippen molar-refractivity contribution < 1.29 is 4.79 Å². The van der Waals surface area contributed by atoms with Gasteiger partial charge in [0.15, 0.2) is 0 Å². The van der Waals surface area contributed by atoms with E-state index in [1.807, 2.05) is 4.90 Å². The molecule has 0 spiro atoms. The molecule has 1 saturated heterocycles. The number of amides is 1. The summed E-state index contributed by atoms with van der Waals surface area (Å²) in [5.41, 5.74) is 5.17. The fourth-order valence-electron chi connectivity index (χ4n) is 2.56. The average molecular weight is 291 g/mol. The number of carbonyl (C=O) groups excluding carboxylic acids is 1. The van der Waals surface area contributed by atoms with Crippen molar-refractivity contribution in [2.24, 2.45) is 11.1 Å². The number of nitrogens with zero attached hydrogens (tertiary/aromatic N) is 4. The van der Waals surface area contributed by atoms with Crippen LogP contribution < -0.4 is 10.6 Å². The molecule has 2 aliphatic rings. The summed E-state index contributed by atoms with van der Waals surface area (Å²) >= 11 is 5.04. The quantitative estimate of drug-likeness (QED) is 0.801. The van der Waals surface area contributed by atoms with Crippen molar-refractivity contribution in [2.45, 2.75) is 12.8 Å². The summed E-state index contributed by atoms with van der Waals surface area (Å²) < 4.78 is 0. The van der Waals surface area contributed by atoms with E-state index in [9.17, 15) is 4.79 Å². The van der Waals surface area contributed by atoms with Crippen LogP contribution in [0.3, 0.4) is 0 Å². The lowest BCUT2D eigenvalue weighted by Gasteiger charge is -2.36. The summed E-state index contributed by atoms with van der Waals surface area (Å²) in [6, 6.07) is 1.79. The Labute approximate surface area is 123 Å². The maximum Gasteiger partial charge on any atom is 0.235 e. The molecule has 0 unspecified atom stereocenters. The SMILES string of the molecule is NC(=S)C1(C(=O)N2CCN(c3ncccn3)CC2)CC1. The summed E-state index contributed by atoms with van der Waals surface area (Å²) in [6.07, 6.45) is 5.05. The number of aromatic nitrogens is 2. The van der Waals surface area contributed by atoms with E-state index in [0.29, 0.717) is 18.1 Å². The lowest BCUT2D eigenvalue weighted by Crippen LogP contribution is -2.52. The number of thiocarbonyl (C=S) groups is 1. The minimum Gasteiger partial charge on any atom is -0.392 e. The summed E-state index contributed by atoms with van der Waals surface area (Å²) in [7, 11) is 0. The van der Waals surface area contributed by atoms with Crippen LogP contribution >= 0.6 is 12.2 Å². The molecule has 1 aromatic rings. The normalized spacial score (nSPS) is 20.6. The third-order valence-electron chi connectivity index (χ3n) is 4.03. The number of hydrogen-bond acceptors (Lipinski definition) is 5. The summed E-state index contributed by atoms with van der Waals surface area (Å²) in [4.78, 5) is 25.2. The second-order valence-electron chi connectivity index (χ2n) is 5.27. The highest BCUT2D eigenvalue weighted by molar-refractivity contribution is 7.80. The van der Waals surface area contributed by atoms with Crippen LogP contribution in [0.15, 0.2) is 18.5 Å². The van der Waals surface area contributed by atoms with Crippen molar-refractivity contribution >= 4 is 29.1 Å². The molecule has 1 aromatic heterocycles. The van der Waals surface area contributed by atoms with Gasteiger partial charge in [-0.25, -0.2) is 9.97 Å². The van der Waals surface area contributed by atoms with Gasteiger partial charge in [0, 0.05) is 38.6 Å². The predicted molar refractivity (Wildman–Crippen MR) is 79.3 cm³/mol. The molecule has 106 valence electrons. The fraction of sp³-hybridized carbons (Fsp3) is 0.538. The van der Waals surface area contributed by atoms with E-state index in [4.69, 9.17) is 18.0 Å². The van der Waals surface area contributed by atoms with Gasteiger partial charge in [0.2, 0.25) is 11.9 Å². The van der Waals surface area contributed by atoms with Crippen LogP contribution in [0.1, 0.15) is 12.8 Å². The van der Waals surface area contributed by atoms with E-state index in [0.717, 1.165) is 31.9 Å². The number of rotatable bonds is 3. The molecule has 0 aromatic carbocycles. The highest BCUT2D eigenvalue weighted by atomic mass is 32.1. The lowest BCUT2D eigenvalue weighted by molar-refractivity contribution is -0.134. The molecule has 20 heavy (non-hydrogen) atoms. The Hall–Kier alpha value is -1.76. The van der Waals surface area contributed by atoms with Crippen molar-refractivity contribution in [3.63, 3.8) is 0 Å². The van der Waals surface area contributed by atoms with Gasteiger partial charge < -0.3 is 15.5 Å². The van der Waals surface area contributed by atoms with Crippen LogP contribution in [0.2, 0.25) is 0 Å². The third-order valence-corrected chi connectivity index (χ3v) is 4.42. The first-order valence-electron chi connectivity index (χ1n) is 6.75. The molecule has 6 nitrogen and oxygen atoms in total. The molecular formula is C13H17N5OS. The molecule has 0 radical (unpaired) electrons. The molecular weight excluding hydrogens is 274 g/mol. The van der Waals surface area contributed by atoms with Crippen molar-refractivity contribution in [1.29, 1.82) is 0 Å². The Morgan fingerprint density at radius 3 is 2.30 bits per heavy atom. The Morgan fingerprint density at radius 2 is 1.80 bits per heavy atom. The summed E-state index contributed by atoms with van der Waals surface area (Å²) in [6.45, 7) is 2.81. The monoisotopic (exact) mass is 291 g/mol. The second kappa shape index (κ2) is 4.97. The van der Waals surface area contributed by atoms with Gasteiger partial charge in [-0.2, -0.15) is 0 Å². The average Bonchev–Trinajstić information content (AvgIpc) is 3.29. The van der Waals surface area contributed by atoms with Crippen LogP contribution in [0.25, 0.3) is 0 Å². The van der Waals surface area contributed by atoms with Crippen LogP contribution in [-0.2, 0) is 4.79 Å². The van der Waals surface area contributed by atoms with Gasteiger partial charge in [0.1, 0.15) is 0 Å². The van der Waals surface area contributed by atoms with E-state index in [2.05, 4.69) is 14.9 Å². The lowest BCUT2D eigenvalue weighted by atomic mass is 10.1. The van der Waals surface area contributed by atoms with Crippen LogP contribution in [0.4, 0.5) is 5.95 Å².